The summed E-state index contributed by atoms with van der Waals surface area (Å²) < 4.78 is 27.9. The predicted octanol–water partition coefficient (Wildman–Crippen LogP) is 3.91. The number of hydrogen-bond donors (Lipinski definition) is 3. The zero-order chi connectivity index (χ0) is 27.7. The summed E-state index contributed by atoms with van der Waals surface area (Å²) in [5.74, 6) is 0.778. The molecule has 5 rings (SSSR count). The highest BCUT2D eigenvalue weighted by molar-refractivity contribution is 5.75. The Labute approximate surface area is 226 Å². The van der Waals surface area contributed by atoms with E-state index in [9.17, 15) is 20.1 Å². The molecule has 1 saturated heterocycles. The quantitative estimate of drug-likeness (QED) is 0.349. The second-order valence-electron chi connectivity index (χ2n) is 9.89. The summed E-state index contributed by atoms with van der Waals surface area (Å²) in [4.78, 5) is 12.7. The van der Waals surface area contributed by atoms with Crippen molar-refractivity contribution in [3.63, 3.8) is 0 Å². The highest BCUT2D eigenvalue weighted by atomic mass is 16.5. The van der Waals surface area contributed by atoms with Crippen LogP contribution >= 0.6 is 0 Å². The van der Waals surface area contributed by atoms with E-state index in [1.807, 2.05) is 12.1 Å². The molecule has 3 N–H and O–H groups in total. The lowest BCUT2D eigenvalue weighted by molar-refractivity contribution is -0.141. The van der Waals surface area contributed by atoms with E-state index in [-0.39, 0.29) is 41.8 Å². The first-order valence-corrected chi connectivity index (χ1v) is 12.7. The molecular formula is C30H32O9. The number of methoxy groups -OCH3 is 3. The number of aromatic hydroxyl groups is 2. The monoisotopic (exact) mass is 536 g/mol. The van der Waals surface area contributed by atoms with Crippen LogP contribution in [0.15, 0.2) is 48.5 Å². The van der Waals surface area contributed by atoms with Crippen molar-refractivity contribution in [2.24, 2.45) is 11.8 Å². The number of aliphatic hydroxyl groups is 1. The second kappa shape index (κ2) is 10.9. The van der Waals surface area contributed by atoms with Crippen LogP contribution in [0.25, 0.3) is 0 Å². The fourth-order valence-corrected chi connectivity index (χ4v) is 5.55. The van der Waals surface area contributed by atoms with Crippen molar-refractivity contribution < 1.29 is 43.8 Å². The van der Waals surface area contributed by atoms with Gasteiger partial charge in [0.05, 0.1) is 46.4 Å². The van der Waals surface area contributed by atoms with Crippen molar-refractivity contribution in [1.82, 2.24) is 0 Å². The molecule has 0 spiro atoms. The van der Waals surface area contributed by atoms with E-state index in [1.165, 1.54) is 14.2 Å². The molecule has 9 heteroatoms. The van der Waals surface area contributed by atoms with Crippen LogP contribution in [0.2, 0.25) is 0 Å². The molecule has 39 heavy (non-hydrogen) atoms. The molecule has 206 valence electrons. The number of fused-ring (bicyclic) bond motifs is 1. The number of esters is 1. The molecule has 0 amide bonds. The van der Waals surface area contributed by atoms with Crippen LogP contribution in [0.3, 0.4) is 0 Å². The first-order valence-electron chi connectivity index (χ1n) is 12.7. The molecule has 0 bridgehead atoms. The zero-order valence-electron chi connectivity index (χ0n) is 22.0. The Morgan fingerprint density at radius 1 is 0.821 bits per heavy atom. The van der Waals surface area contributed by atoms with Crippen LogP contribution in [-0.4, -0.2) is 55.8 Å². The Kier molecular flexibility index (Phi) is 7.43. The number of benzene rings is 3. The third-order valence-electron chi connectivity index (χ3n) is 7.61. The van der Waals surface area contributed by atoms with Crippen LogP contribution in [0, 0.1) is 11.8 Å². The Bertz CT molecular complexity index is 1370. The summed E-state index contributed by atoms with van der Waals surface area (Å²) in [5, 5.41) is 30.3. The first kappa shape index (κ1) is 26.5. The molecule has 0 aliphatic carbocycles. The fourth-order valence-electron chi connectivity index (χ4n) is 5.55. The molecule has 3 aromatic carbocycles. The summed E-state index contributed by atoms with van der Waals surface area (Å²) in [6.07, 6.45) is 0.512. The average molecular weight is 537 g/mol. The number of phenolic OH excluding ortho intramolecular Hbond substituents is 2. The number of carbonyl (C=O) groups is 1. The van der Waals surface area contributed by atoms with Gasteiger partial charge in [0.25, 0.3) is 0 Å². The van der Waals surface area contributed by atoms with Gasteiger partial charge in [-0.25, -0.2) is 0 Å². The van der Waals surface area contributed by atoms with Crippen molar-refractivity contribution in [2.75, 3.05) is 34.5 Å². The van der Waals surface area contributed by atoms with E-state index in [0.717, 1.165) is 22.3 Å². The zero-order valence-corrected chi connectivity index (χ0v) is 22.0. The summed E-state index contributed by atoms with van der Waals surface area (Å²) >= 11 is 0. The van der Waals surface area contributed by atoms with Gasteiger partial charge < -0.3 is 39.0 Å². The molecule has 2 aliphatic rings. The minimum atomic E-state index is -0.503. The lowest BCUT2D eigenvalue weighted by Crippen LogP contribution is -2.21. The Hall–Kier alpha value is -4.11. The Balaban J connectivity index is 1.41. The molecule has 3 aromatic rings. The topological polar surface area (TPSA) is 124 Å². The molecule has 2 aliphatic heterocycles. The van der Waals surface area contributed by atoms with Gasteiger partial charge >= 0.3 is 5.97 Å². The number of rotatable bonds is 9. The predicted molar refractivity (Wildman–Crippen MR) is 141 cm³/mol. The van der Waals surface area contributed by atoms with Crippen LogP contribution in [-0.2, 0) is 22.4 Å². The van der Waals surface area contributed by atoms with Crippen LogP contribution < -0.4 is 18.9 Å². The standard InChI is InChI=1S/C30H32O9/c1-35-25-11-16(4-6-23(25)32)9-20-19(15-38-30(20)34)8-17-10-21-22(14-31)28(39-29(21)27(12-17)37-3)18-5-7-24(33)26(13-18)36-2/h4-7,10-13,19-20,22,28,31-33H,8-9,14-15H2,1-3H3/t19-,20+,22-,28-/m0/s1. The van der Waals surface area contributed by atoms with E-state index in [2.05, 4.69) is 0 Å². The fraction of sp³-hybridized carbons (Fsp3) is 0.367. The summed E-state index contributed by atoms with van der Waals surface area (Å²) in [7, 11) is 4.53. The largest absolute Gasteiger partial charge is 0.504 e. The second-order valence-corrected chi connectivity index (χ2v) is 9.89. The maximum Gasteiger partial charge on any atom is 0.309 e. The third kappa shape index (κ3) is 5.02. The lowest BCUT2D eigenvalue weighted by Gasteiger charge is -2.19. The molecule has 0 radical (unpaired) electrons. The van der Waals surface area contributed by atoms with Gasteiger partial charge in [-0.1, -0.05) is 18.2 Å². The van der Waals surface area contributed by atoms with E-state index < -0.39 is 6.10 Å². The first-order chi connectivity index (χ1) is 18.9. The van der Waals surface area contributed by atoms with Gasteiger partial charge in [-0.2, -0.15) is 0 Å². The summed E-state index contributed by atoms with van der Waals surface area (Å²) in [6.45, 7) is 0.137. The van der Waals surface area contributed by atoms with Crippen molar-refractivity contribution in [3.05, 3.63) is 70.8 Å². The molecule has 4 atom stereocenters. The number of aliphatic hydroxyl groups excluding tert-OH is 1. The Morgan fingerprint density at radius 2 is 1.49 bits per heavy atom. The van der Waals surface area contributed by atoms with Crippen molar-refractivity contribution >= 4 is 5.97 Å². The van der Waals surface area contributed by atoms with Crippen LogP contribution in [0.5, 0.6) is 34.5 Å². The van der Waals surface area contributed by atoms with Crippen molar-refractivity contribution in [1.29, 1.82) is 0 Å². The molecule has 2 heterocycles. The number of phenols is 2. The highest BCUT2D eigenvalue weighted by Gasteiger charge is 2.40. The Morgan fingerprint density at radius 3 is 2.18 bits per heavy atom. The minimum absolute atomic E-state index is 0.0193. The lowest BCUT2D eigenvalue weighted by atomic mass is 9.83. The van der Waals surface area contributed by atoms with Crippen LogP contribution in [0.1, 0.15) is 34.3 Å². The number of cyclic esters (lactones) is 1. The minimum Gasteiger partial charge on any atom is -0.504 e. The molecule has 0 unspecified atom stereocenters. The number of hydrogen-bond acceptors (Lipinski definition) is 9. The van der Waals surface area contributed by atoms with Gasteiger partial charge in [-0.15, -0.1) is 0 Å². The van der Waals surface area contributed by atoms with Gasteiger partial charge in [0.2, 0.25) is 0 Å². The normalized spacial score (nSPS) is 21.7. The van der Waals surface area contributed by atoms with E-state index in [1.54, 1.807) is 43.5 Å². The molecule has 0 aromatic heterocycles. The van der Waals surface area contributed by atoms with Gasteiger partial charge in [0.1, 0.15) is 6.10 Å². The van der Waals surface area contributed by atoms with Crippen molar-refractivity contribution in [2.45, 2.75) is 24.9 Å². The summed E-state index contributed by atoms with van der Waals surface area (Å²) in [5.41, 5.74) is 3.37. The number of ether oxygens (including phenoxy) is 5. The van der Waals surface area contributed by atoms with E-state index in [4.69, 9.17) is 23.7 Å². The third-order valence-corrected chi connectivity index (χ3v) is 7.61. The molecule has 0 saturated carbocycles. The highest BCUT2D eigenvalue weighted by Crippen LogP contribution is 2.51. The summed E-state index contributed by atoms with van der Waals surface area (Å²) in [6, 6.07) is 14.0. The van der Waals surface area contributed by atoms with Gasteiger partial charge in [-0.05, 0) is 59.9 Å². The van der Waals surface area contributed by atoms with Gasteiger partial charge in [-0.3, -0.25) is 4.79 Å². The van der Waals surface area contributed by atoms with E-state index in [0.29, 0.717) is 42.4 Å². The molecular weight excluding hydrogens is 504 g/mol. The van der Waals surface area contributed by atoms with E-state index >= 15 is 0 Å². The average Bonchev–Trinajstić information content (AvgIpc) is 3.49. The number of carbonyl (C=O) groups excluding carboxylic acids is 1. The molecule has 1 fully saturated rings. The maximum absolute atomic E-state index is 12.7. The van der Waals surface area contributed by atoms with Crippen molar-refractivity contribution in [3.8, 4) is 34.5 Å². The van der Waals surface area contributed by atoms with Gasteiger partial charge in [0, 0.05) is 11.5 Å². The van der Waals surface area contributed by atoms with Gasteiger partial charge in [0.15, 0.2) is 34.5 Å². The van der Waals surface area contributed by atoms with Crippen LogP contribution in [0.4, 0.5) is 0 Å². The molecule has 9 nitrogen and oxygen atoms in total. The SMILES string of the molecule is COc1cc(C[C@H]2C(=O)OC[C@@H]2Cc2cc(OC)c3c(c2)[C@H](CO)[C@H](c2ccc(O)c(OC)c2)O3)ccc1O. The maximum atomic E-state index is 12.7. The smallest absolute Gasteiger partial charge is 0.309 e.